The summed E-state index contributed by atoms with van der Waals surface area (Å²) in [6.45, 7) is 8.09. The molecule has 0 aliphatic carbocycles. The van der Waals surface area contributed by atoms with Crippen molar-refractivity contribution >= 4 is 51.0 Å². The van der Waals surface area contributed by atoms with Gasteiger partial charge in [0.15, 0.2) is 0 Å². The first-order chi connectivity index (χ1) is 26.7. The molecule has 0 atom stereocenters. The van der Waals surface area contributed by atoms with E-state index in [1.165, 1.54) is 49.6 Å². The van der Waals surface area contributed by atoms with Gasteiger partial charge in [-0.05, 0) is 111 Å². The molecule has 0 saturated carbocycles. The Bertz CT molecular complexity index is 2760. The molecule has 9 rings (SSSR count). The number of hydrogen-bond donors (Lipinski definition) is 0. The van der Waals surface area contributed by atoms with E-state index >= 15 is 0 Å². The average Bonchev–Trinajstić information content (AvgIpc) is 3.58. The van der Waals surface area contributed by atoms with Crippen LogP contribution in [-0.4, -0.2) is 4.57 Å². The summed E-state index contributed by atoms with van der Waals surface area (Å²) in [5, 5.41) is 2.47. The van der Waals surface area contributed by atoms with Crippen molar-refractivity contribution in [2.45, 2.75) is 0 Å². The number of nitrogens with zero attached hydrogens (tertiary/aromatic N) is 2. The molecule has 0 fully saturated rings. The van der Waals surface area contributed by atoms with Crippen LogP contribution in [0.3, 0.4) is 0 Å². The first kappa shape index (κ1) is 32.7. The monoisotopic (exact) mass is 690 g/mol. The molecule has 2 nitrogen and oxygen atoms in total. The van der Waals surface area contributed by atoms with Crippen LogP contribution in [0.5, 0.6) is 0 Å². The number of aromatic nitrogens is 1. The lowest BCUT2D eigenvalue weighted by Gasteiger charge is -2.26. The maximum atomic E-state index is 4.08. The van der Waals surface area contributed by atoms with E-state index in [1.54, 1.807) is 0 Å². The maximum absolute atomic E-state index is 4.08. The topological polar surface area (TPSA) is 8.17 Å². The zero-order chi connectivity index (χ0) is 36.4. The molecule has 0 N–H and O–H groups in total. The lowest BCUT2D eigenvalue weighted by Crippen LogP contribution is -2.10. The lowest BCUT2D eigenvalue weighted by atomic mass is 10.0. The van der Waals surface area contributed by atoms with Crippen molar-refractivity contribution in [1.82, 2.24) is 4.57 Å². The summed E-state index contributed by atoms with van der Waals surface area (Å²) in [6, 6.07) is 69.6. The van der Waals surface area contributed by atoms with Gasteiger partial charge in [0, 0.05) is 33.5 Å². The van der Waals surface area contributed by atoms with Gasteiger partial charge in [0.2, 0.25) is 0 Å². The van der Waals surface area contributed by atoms with Crippen LogP contribution in [-0.2, 0) is 0 Å². The van der Waals surface area contributed by atoms with Gasteiger partial charge in [0.05, 0.1) is 11.0 Å². The molecular weight excluding hydrogens is 653 g/mol. The fourth-order valence-electron chi connectivity index (χ4n) is 7.61. The van der Waals surface area contributed by atoms with Crippen LogP contribution in [0.25, 0.3) is 73.0 Å². The highest BCUT2D eigenvalue weighted by molar-refractivity contribution is 6.10. The minimum Gasteiger partial charge on any atom is -0.310 e. The Kier molecular flexibility index (Phi) is 8.55. The highest BCUT2D eigenvalue weighted by atomic mass is 15.1. The van der Waals surface area contributed by atoms with Crippen molar-refractivity contribution in [3.05, 3.63) is 218 Å². The largest absolute Gasteiger partial charge is 0.310 e. The van der Waals surface area contributed by atoms with Crippen LogP contribution in [0.1, 0.15) is 11.1 Å². The lowest BCUT2D eigenvalue weighted by molar-refractivity contribution is 1.18. The Labute approximate surface area is 316 Å². The van der Waals surface area contributed by atoms with Gasteiger partial charge in [-0.3, -0.25) is 0 Å². The second-order valence-electron chi connectivity index (χ2n) is 13.5. The number of para-hydroxylation sites is 1. The van der Waals surface area contributed by atoms with Crippen LogP contribution in [0.2, 0.25) is 0 Å². The number of hydrogen-bond acceptors (Lipinski definition) is 1. The van der Waals surface area contributed by atoms with E-state index in [4.69, 9.17) is 0 Å². The van der Waals surface area contributed by atoms with Gasteiger partial charge in [-0.2, -0.15) is 0 Å². The molecule has 0 amide bonds. The van der Waals surface area contributed by atoms with Crippen molar-refractivity contribution < 1.29 is 0 Å². The van der Waals surface area contributed by atoms with E-state index in [0.717, 1.165) is 39.4 Å². The molecule has 0 bridgehead atoms. The minimum absolute atomic E-state index is 1.05. The summed E-state index contributed by atoms with van der Waals surface area (Å²) < 4.78 is 2.38. The number of benzene rings is 8. The zero-order valence-electron chi connectivity index (χ0n) is 29.9. The van der Waals surface area contributed by atoms with Gasteiger partial charge >= 0.3 is 0 Å². The van der Waals surface area contributed by atoms with Crippen LogP contribution >= 0.6 is 0 Å². The third-order valence-electron chi connectivity index (χ3n) is 10.4. The van der Waals surface area contributed by atoms with Gasteiger partial charge in [0.25, 0.3) is 0 Å². The van der Waals surface area contributed by atoms with Crippen LogP contribution < -0.4 is 4.90 Å². The quantitative estimate of drug-likeness (QED) is 0.146. The second-order valence-corrected chi connectivity index (χ2v) is 13.5. The summed E-state index contributed by atoms with van der Waals surface area (Å²) in [5.41, 5.74) is 16.0. The fourth-order valence-corrected chi connectivity index (χ4v) is 7.61. The Morgan fingerprint density at radius 2 is 0.815 bits per heavy atom. The van der Waals surface area contributed by atoms with E-state index < -0.39 is 0 Å². The molecule has 2 heteroatoms. The highest BCUT2D eigenvalue weighted by Gasteiger charge is 2.16. The average molecular weight is 691 g/mol. The summed E-state index contributed by atoms with van der Waals surface area (Å²) in [4.78, 5) is 2.30. The summed E-state index contributed by atoms with van der Waals surface area (Å²) >= 11 is 0. The summed E-state index contributed by atoms with van der Waals surface area (Å²) in [5.74, 6) is 0. The van der Waals surface area contributed by atoms with Gasteiger partial charge in [-0.25, -0.2) is 0 Å². The third-order valence-corrected chi connectivity index (χ3v) is 10.4. The van der Waals surface area contributed by atoms with E-state index in [2.05, 4.69) is 217 Å². The van der Waals surface area contributed by atoms with Gasteiger partial charge in [-0.1, -0.05) is 153 Å². The minimum atomic E-state index is 1.05. The number of fused-ring (bicyclic) bond motifs is 3. The smallest absolute Gasteiger partial charge is 0.0541 e. The maximum Gasteiger partial charge on any atom is 0.0541 e. The molecule has 256 valence electrons. The Hall–Kier alpha value is -7.16. The van der Waals surface area contributed by atoms with E-state index in [0.29, 0.717) is 0 Å². The second kappa shape index (κ2) is 14.1. The van der Waals surface area contributed by atoms with E-state index in [-0.39, 0.29) is 0 Å². The molecule has 0 unspecified atom stereocenters. The molecule has 9 aromatic rings. The molecule has 8 aromatic carbocycles. The fraction of sp³-hybridized carbons (Fsp3) is 0. The Balaban J connectivity index is 1.09. The summed E-state index contributed by atoms with van der Waals surface area (Å²) in [6.07, 6.45) is 3.78. The van der Waals surface area contributed by atoms with Crippen molar-refractivity contribution in [3.63, 3.8) is 0 Å². The highest BCUT2D eigenvalue weighted by Crippen LogP contribution is 2.39. The molecule has 0 radical (unpaired) electrons. The predicted octanol–water partition coefficient (Wildman–Crippen LogP) is 14.5. The van der Waals surface area contributed by atoms with E-state index in [9.17, 15) is 0 Å². The molecule has 0 spiro atoms. The number of rotatable bonds is 9. The van der Waals surface area contributed by atoms with Crippen molar-refractivity contribution in [3.8, 4) is 39.1 Å². The molecule has 0 saturated heterocycles. The van der Waals surface area contributed by atoms with Crippen molar-refractivity contribution in [2.75, 3.05) is 4.90 Å². The van der Waals surface area contributed by atoms with Crippen LogP contribution in [0.15, 0.2) is 207 Å². The molecule has 0 aliphatic rings. The third kappa shape index (κ3) is 6.00. The predicted molar refractivity (Wildman–Crippen MR) is 232 cm³/mol. The van der Waals surface area contributed by atoms with E-state index in [1.807, 2.05) is 12.2 Å². The first-order valence-corrected chi connectivity index (χ1v) is 18.3. The zero-order valence-corrected chi connectivity index (χ0v) is 29.9. The van der Waals surface area contributed by atoms with Crippen LogP contribution in [0, 0.1) is 0 Å². The molecule has 1 aromatic heterocycles. The Morgan fingerprint density at radius 3 is 1.41 bits per heavy atom. The van der Waals surface area contributed by atoms with Gasteiger partial charge < -0.3 is 9.47 Å². The normalized spacial score (nSPS) is 11.1. The molecular formula is C52H38N2. The van der Waals surface area contributed by atoms with Gasteiger partial charge in [-0.15, -0.1) is 0 Å². The van der Waals surface area contributed by atoms with Crippen molar-refractivity contribution in [2.24, 2.45) is 0 Å². The Morgan fingerprint density at radius 1 is 0.352 bits per heavy atom. The summed E-state index contributed by atoms with van der Waals surface area (Å²) in [7, 11) is 0. The number of anilines is 3. The van der Waals surface area contributed by atoms with Crippen LogP contribution in [0.4, 0.5) is 17.1 Å². The molecule has 54 heavy (non-hydrogen) atoms. The SMILES string of the molecule is C=Cc1ccc(N(c2ccc(-c3ccccc3)cc2)c2ccc(-c3ccc4c(c3)c3ccccc3n4-c3ccc(-c4ccccc4)cc3)cc2)cc1C=C. The standard InChI is InChI=1S/C52H38N2/c1-3-37-19-33-48(35-38(37)4-2)53(45-27-20-41(21-28-45)39-13-7-5-8-14-39)46-29-24-43(25-30-46)44-26-34-52-50(36-44)49-17-11-12-18-51(49)54(52)47-31-22-42(23-32-47)40-15-9-6-10-16-40/h3-36H,1-2H2. The molecule has 0 aliphatic heterocycles. The van der Waals surface area contributed by atoms with Gasteiger partial charge in [0.1, 0.15) is 0 Å². The molecule has 1 heterocycles. The first-order valence-electron chi connectivity index (χ1n) is 18.3. The van der Waals surface area contributed by atoms with Crippen molar-refractivity contribution in [1.29, 1.82) is 0 Å².